The normalized spacial score (nSPS) is 12.5. The van der Waals surface area contributed by atoms with E-state index < -0.39 is 29.2 Å². The Kier molecular flexibility index (Phi) is 4.86. The number of benzene rings is 1. The van der Waals surface area contributed by atoms with Crippen LogP contribution in [-0.4, -0.2) is 20.5 Å². The van der Waals surface area contributed by atoms with Crippen molar-refractivity contribution < 1.29 is 31.9 Å². The van der Waals surface area contributed by atoms with Crippen LogP contribution in [0.3, 0.4) is 0 Å². The third-order valence-corrected chi connectivity index (χ3v) is 4.36. The number of hydrogen-bond acceptors (Lipinski definition) is 2. The molecular weight excluding hydrogens is 383 g/mol. The highest BCUT2D eigenvalue weighted by atomic mass is 19.4. The van der Waals surface area contributed by atoms with Crippen LogP contribution in [-0.2, 0) is 24.9 Å². The van der Waals surface area contributed by atoms with E-state index in [9.17, 15) is 31.9 Å². The molecule has 0 unspecified atom stereocenters. The standard InChI is InChI=1S/C19H15F5N2O2/c1-18(20,21)13-8-11(9-14(10-13)19(22,23)24)2-3-12-4-5-15-25-6-7-26(15)16(12)17(27)28/h4-10H,2-3H2,1H3,(H,27,28). The van der Waals surface area contributed by atoms with Gasteiger partial charge in [-0.3, -0.25) is 4.40 Å². The predicted molar refractivity (Wildman–Crippen MR) is 90.6 cm³/mol. The van der Waals surface area contributed by atoms with Gasteiger partial charge in [-0.15, -0.1) is 0 Å². The van der Waals surface area contributed by atoms with Crippen molar-refractivity contribution in [2.24, 2.45) is 0 Å². The fourth-order valence-corrected chi connectivity index (χ4v) is 3.01. The molecule has 4 nitrogen and oxygen atoms in total. The number of aromatic nitrogens is 2. The zero-order valence-electron chi connectivity index (χ0n) is 14.6. The van der Waals surface area contributed by atoms with Crippen LogP contribution in [0.5, 0.6) is 0 Å². The van der Waals surface area contributed by atoms with Gasteiger partial charge in [0.1, 0.15) is 11.3 Å². The molecule has 2 heterocycles. The van der Waals surface area contributed by atoms with Gasteiger partial charge in [-0.05, 0) is 48.2 Å². The fraction of sp³-hybridized carbons (Fsp3) is 0.263. The molecule has 28 heavy (non-hydrogen) atoms. The first-order chi connectivity index (χ1) is 13.0. The van der Waals surface area contributed by atoms with E-state index in [-0.39, 0.29) is 24.1 Å². The summed E-state index contributed by atoms with van der Waals surface area (Å²) in [6, 6.07) is 5.37. The molecule has 3 aromatic rings. The second-order valence-electron chi connectivity index (χ2n) is 6.47. The summed E-state index contributed by atoms with van der Waals surface area (Å²) < 4.78 is 67.8. The molecule has 0 atom stereocenters. The van der Waals surface area contributed by atoms with Gasteiger partial charge in [0.05, 0.1) is 5.56 Å². The maximum Gasteiger partial charge on any atom is 0.416 e. The molecule has 0 saturated carbocycles. The zero-order chi connectivity index (χ0) is 20.7. The smallest absolute Gasteiger partial charge is 0.416 e. The van der Waals surface area contributed by atoms with Crippen LogP contribution >= 0.6 is 0 Å². The molecule has 148 valence electrons. The molecule has 0 spiro atoms. The highest BCUT2D eigenvalue weighted by molar-refractivity contribution is 5.88. The molecule has 3 rings (SSSR count). The first-order valence-corrected chi connectivity index (χ1v) is 8.24. The molecule has 0 amide bonds. The molecule has 0 bridgehead atoms. The lowest BCUT2D eigenvalue weighted by atomic mass is 9.97. The molecule has 2 aromatic heterocycles. The van der Waals surface area contributed by atoms with Crippen LogP contribution in [0, 0.1) is 0 Å². The van der Waals surface area contributed by atoms with Gasteiger partial charge in [-0.1, -0.05) is 6.07 Å². The van der Waals surface area contributed by atoms with Crippen molar-refractivity contribution >= 4 is 11.6 Å². The minimum absolute atomic E-state index is 0.0342. The van der Waals surface area contributed by atoms with Crippen molar-refractivity contribution in [2.45, 2.75) is 31.9 Å². The first-order valence-electron chi connectivity index (χ1n) is 8.24. The van der Waals surface area contributed by atoms with Crippen LogP contribution in [0.4, 0.5) is 22.0 Å². The molecule has 0 aliphatic heterocycles. The van der Waals surface area contributed by atoms with Crippen molar-refractivity contribution in [3.05, 3.63) is 70.7 Å². The van der Waals surface area contributed by atoms with Gasteiger partial charge in [0.2, 0.25) is 0 Å². The van der Waals surface area contributed by atoms with Gasteiger partial charge in [0.15, 0.2) is 0 Å². The maximum absolute atomic E-state index is 13.6. The highest BCUT2D eigenvalue weighted by Crippen LogP contribution is 2.35. The number of aromatic carboxylic acids is 1. The Morgan fingerprint density at radius 3 is 2.36 bits per heavy atom. The van der Waals surface area contributed by atoms with Crippen LogP contribution in [0.25, 0.3) is 5.65 Å². The molecule has 1 N–H and O–H groups in total. The summed E-state index contributed by atoms with van der Waals surface area (Å²) >= 11 is 0. The number of rotatable bonds is 5. The molecule has 0 aliphatic rings. The van der Waals surface area contributed by atoms with E-state index >= 15 is 0 Å². The van der Waals surface area contributed by atoms with Gasteiger partial charge in [0.25, 0.3) is 5.92 Å². The summed E-state index contributed by atoms with van der Waals surface area (Å²) in [4.78, 5) is 15.6. The van der Waals surface area contributed by atoms with Crippen molar-refractivity contribution in [3.8, 4) is 0 Å². The minimum atomic E-state index is -4.77. The molecule has 0 saturated heterocycles. The van der Waals surface area contributed by atoms with E-state index in [4.69, 9.17) is 0 Å². The first kappa shape index (κ1) is 19.8. The van der Waals surface area contributed by atoms with Crippen molar-refractivity contribution in [1.29, 1.82) is 0 Å². The molecule has 0 radical (unpaired) electrons. The van der Waals surface area contributed by atoms with E-state index in [1.807, 2.05) is 0 Å². The number of carboxylic acids is 1. The lowest BCUT2D eigenvalue weighted by Gasteiger charge is -2.16. The second kappa shape index (κ2) is 6.88. The third kappa shape index (κ3) is 3.97. The molecule has 1 aromatic carbocycles. The van der Waals surface area contributed by atoms with Gasteiger partial charge in [0, 0.05) is 24.9 Å². The number of carbonyl (C=O) groups is 1. The number of hydrogen-bond donors (Lipinski definition) is 1. The Bertz CT molecular complexity index is 1000. The average Bonchev–Trinajstić information content (AvgIpc) is 3.05. The van der Waals surface area contributed by atoms with Crippen LogP contribution in [0.1, 0.15) is 39.7 Å². The summed E-state index contributed by atoms with van der Waals surface area (Å²) in [5.41, 5.74) is -1.14. The van der Waals surface area contributed by atoms with Crippen LogP contribution < -0.4 is 0 Å². The van der Waals surface area contributed by atoms with Crippen molar-refractivity contribution in [1.82, 2.24) is 9.38 Å². The number of pyridine rings is 1. The van der Waals surface area contributed by atoms with Crippen LogP contribution in [0.2, 0.25) is 0 Å². The molecular formula is C19H15F5N2O2. The van der Waals surface area contributed by atoms with Gasteiger partial charge in [-0.2, -0.15) is 13.2 Å². The number of imidazole rings is 1. The lowest BCUT2D eigenvalue weighted by Crippen LogP contribution is -2.13. The molecule has 0 aliphatic carbocycles. The summed E-state index contributed by atoms with van der Waals surface area (Å²) in [6.07, 6.45) is -1.85. The Hall–Kier alpha value is -2.97. The number of carboxylic acid groups (broad SMARTS) is 1. The summed E-state index contributed by atoms with van der Waals surface area (Å²) in [6.45, 7) is 0.530. The van der Waals surface area contributed by atoms with Gasteiger partial charge < -0.3 is 5.11 Å². The number of alkyl halides is 5. The Morgan fingerprint density at radius 1 is 1.07 bits per heavy atom. The van der Waals surface area contributed by atoms with Crippen molar-refractivity contribution in [3.63, 3.8) is 0 Å². The maximum atomic E-state index is 13.6. The minimum Gasteiger partial charge on any atom is -0.477 e. The van der Waals surface area contributed by atoms with E-state index in [0.717, 1.165) is 12.1 Å². The van der Waals surface area contributed by atoms with Gasteiger partial charge >= 0.3 is 12.1 Å². The van der Waals surface area contributed by atoms with E-state index in [2.05, 4.69) is 4.98 Å². The third-order valence-electron chi connectivity index (χ3n) is 4.36. The Labute approximate surface area is 156 Å². The second-order valence-corrected chi connectivity index (χ2v) is 6.47. The largest absolute Gasteiger partial charge is 0.477 e. The summed E-state index contributed by atoms with van der Waals surface area (Å²) in [5.74, 6) is -4.65. The number of aryl methyl sites for hydroxylation is 2. The van der Waals surface area contributed by atoms with E-state index in [1.54, 1.807) is 6.07 Å². The molecule has 9 heteroatoms. The fourth-order valence-electron chi connectivity index (χ4n) is 3.01. The van der Waals surface area contributed by atoms with Crippen LogP contribution in [0.15, 0.2) is 42.7 Å². The highest BCUT2D eigenvalue weighted by Gasteiger charge is 2.34. The topological polar surface area (TPSA) is 54.6 Å². The summed E-state index contributed by atoms with van der Waals surface area (Å²) in [5, 5.41) is 9.48. The molecule has 0 fully saturated rings. The lowest BCUT2D eigenvalue weighted by molar-refractivity contribution is -0.137. The zero-order valence-corrected chi connectivity index (χ0v) is 14.6. The Balaban J connectivity index is 1.98. The SMILES string of the molecule is CC(F)(F)c1cc(CCc2ccc3nccn3c2C(=O)O)cc(C(F)(F)F)c1. The predicted octanol–water partition coefficient (Wildman–Crippen LogP) is 4.95. The van der Waals surface area contributed by atoms with E-state index in [1.165, 1.54) is 22.9 Å². The average molecular weight is 398 g/mol. The number of fused-ring (bicyclic) bond motifs is 1. The quantitative estimate of drug-likeness (QED) is 0.619. The Morgan fingerprint density at radius 2 is 1.75 bits per heavy atom. The number of halogens is 5. The number of nitrogens with zero attached hydrogens (tertiary/aromatic N) is 2. The van der Waals surface area contributed by atoms with E-state index in [0.29, 0.717) is 24.2 Å². The summed E-state index contributed by atoms with van der Waals surface area (Å²) in [7, 11) is 0. The monoisotopic (exact) mass is 398 g/mol. The van der Waals surface area contributed by atoms with Gasteiger partial charge in [-0.25, -0.2) is 18.6 Å². The van der Waals surface area contributed by atoms with Crippen molar-refractivity contribution in [2.75, 3.05) is 0 Å².